The number of hydrogen-bond donors (Lipinski definition) is 2. The van der Waals surface area contributed by atoms with Gasteiger partial charge in [0.05, 0.1) is 0 Å². The van der Waals surface area contributed by atoms with Crippen molar-refractivity contribution in [2.75, 3.05) is 18.4 Å². The summed E-state index contributed by atoms with van der Waals surface area (Å²) < 4.78 is 1.48. The average Bonchev–Trinajstić information content (AvgIpc) is 2.97. The van der Waals surface area contributed by atoms with Crippen LogP contribution in [0.15, 0.2) is 6.33 Å². The second-order valence-electron chi connectivity index (χ2n) is 4.67. The zero-order valence-corrected chi connectivity index (χ0v) is 10.7. The van der Waals surface area contributed by atoms with Gasteiger partial charge < -0.3 is 10.0 Å². The standard InChI is InChI=1S/C11H17N5O3/c1-15-10(12-7-13-15)14-11(19)16-5-4-8(6-16)2-3-9(17)18/h7-8H,2-6H2,1H3,(H,17,18)(H,12,13,14,19). The number of nitrogens with one attached hydrogen (secondary N) is 1. The van der Waals surface area contributed by atoms with Crippen molar-refractivity contribution in [2.45, 2.75) is 19.3 Å². The van der Waals surface area contributed by atoms with Gasteiger partial charge in [-0.3, -0.25) is 10.1 Å². The summed E-state index contributed by atoms with van der Waals surface area (Å²) in [6, 6.07) is -0.214. The monoisotopic (exact) mass is 267 g/mol. The number of rotatable bonds is 4. The Morgan fingerprint density at radius 2 is 2.37 bits per heavy atom. The molecule has 104 valence electrons. The van der Waals surface area contributed by atoms with E-state index in [2.05, 4.69) is 15.4 Å². The number of carbonyl (C=O) groups excluding carboxylic acids is 1. The summed E-state index contributed by atoms with van der Waals surface area (Å²) in [5.74, 6) is -0.123. The molecule has 1 atom stereocenters. The fourth-order valence-electron chi connectivity index (χ4n) is 2.16. The van der Waals surface area contributed by atoms with Crippen molar-refractivity contribution in [3.05, 3.63) is 6.33 Å². The second-order valence-corrected chi connectivity index (χ2v) is 4.67. The second kappa shape index (κ2) is 5.68. The first kappa shape index (κ1) is 13.3. The smallest absolute Gasteiger partial charge is 0.324 e. The minimum Gasteiger partial charge on any atom is -0.481 e. The maximum atomic E-state index is 12.0. The number of carboxylic acid groups (broad SMARTS) is 1. The van der Waals surface area contributed by atoms with Crippen molar-refractivity contribution in [3.63, 3.8) is 0 Å². The molecule has 1 unspecified atom stereocenters. The number of hydrogen-bond acceptors (Lipinski definition) is 4. The van der Waals surface area contributed by atoms with E-state index >= 15 is 0 Å². The molecule has 8 heteroatoms. The van der Waals surface area contributed by atoms with E-state index in [4.69, 9.17) is 5.11 Å². The van der Waals surface area contributed by atoms with Gasteiger partial charge in [0.15, 0.2) is 0 Å². The van der Waals surface area contributed by atoms with Crippen molar-refractivity contribution in [1.82, 2.24) is 19.7 Å². The summed E-state index contributed by atoms with van der Waals surface area (Å²) in [5, 5.41) is 15.2. The number of amides is 2. The molecule has 0 spiro atoms. The lowest BCUT2D eigenvalue weighted by atomic mass is 10.0. The first-order chi connectivity index (χ1) is 9.06. The number of likely N-dealkylation sites (tertiary alicyclic amines) is 1. The third-order valence-corrected chi connectivity index (χ3v) is 3.27. The van der Waals surface area contributed by atoms with Gasteiger partial charge in [0, 0.05) is 26.6 Å². The van der Waals surface area contributed by atoms with Crippen LogP contribution in [0.4, 0.5) is 10.7 Å². The van der Waals surface area contributed by atoms with Crippen LogP contribution in [0.2, 0.25) is 0 Å². The molecule has 0 aromatic carbocycles. The van der Waals surface area contributed by atoms with Gasteiger partial charge in [-0.25, -0.2) is 9.48 Å². The van der Waals surface area contributed by atoms with Crippen molar-refractivity contribution >= 4 is 17.9 Å². The predicted octanol–water partition coefficient (Wildman–Crippen LogP) is 0.534. The zero-order valence-electron chi connectivity index (χ0n) is 10.7. The van der Waals surface area contributed by atoms with Gasteiger partial charge in [-0.1, -0.05) is 0 Å². The van der Waals surface area contributed by atoms with Gasteiger partial charge in [-0.2, -0.15) is 10.1 Å². The Morgan fingerprint density at radius 1 is 1.58 bits per heavy atom. The van der Waals surface area contributed by atoms with Gasteiger partial charge in [0.25, 0.3) is 0 Å². The van der Waals surface area contributed by atoms with E-state index in [1.54, 1.807) is 11.9 Å². The molecular formula is C11H17N5O3. The van der Waals surface area contributed by atoms with Crippen LogP contribution in [-0.4, -0.2) is 49.9 Å². The Hall–Kier alpha value is -2.12. The van der Waals surface area contributed by atoms with Gasteiger partial charge in [0.2, 0.25) is 5.95 Å². The van der Waals surface area contributed by atoms with Gasteiger partial charge in [-0.05, 0) is 18.8 Å². The molecule has 19 heavy (non-hydrogen) atoms. The lowest BCUT2D eigenvalue weighted by molar-refractivity contribution is -0.137. The highest BCUT2D eigenvalue weighted by molar-refractivity contribution is 5.87. The molecule has 2 rings (SSSR count). The SMILES string of the molecule is Cn1ncnc1NC(=O)N1CCC(CCC(=O)O)C1. The minimum absolute atomic E-state index is 0.156. The highest BCUT2D eigenvalue weighted by atomic mass is 16.4. The molecule has 1 fully saturated rings. The Kier molecular flexibility index (Phi) is 3.98. The summed E-state index contributed by atoms with van der Waals surface area (Å²) in [6.07, 6.45) is 2.99. The molecular weight excluding hydrogens is 250 g/mol. The van der Waals surface area contributed by atoms with E-state index in [0.29, 0.717) is 25.5 Å². The summed E-state index contributed by atoms with van der Waals surface area (Å²) in [4.78, 5) is 28.1. The highest BCUT2D eigenvalue weighted by Gasteiger charge is 2.27. The van der Waals surface area contributed by atoms with E-state index in [9.17, 15) is 9.59 Å². The fourth-order valence-corrected chi connectivity index (χ4v) is 2.16. The molecule has 0 radical (unpaired) electrons. The third-order valence-electron chi connectivity index (χ3n) is 3.27. The molecule has 1 aliphatic heterocycles. The van der Waals surface area contributed by atoms with Crippen LogP contribution < -0.4 is 5.32 Å². The third kappa shape index (κ3) is 3.43. The lowest BCUT2D eigenvalue weighted by Gasteiger charge is -2.16. The number of nitrogens with zero attached hydrogens (tertiary/aromatic N) is 4. The highest BCUT2D eigenvalue weighted by Crippen LogP contribution is 2.21. The maximum absolute atomic E-state index is 12.0. The molecule has 1 aromatic rings. The molecule has 2 amide bonds. The van der Waals surface area contributed by atoms with E-state index in [-0.39, 0.29) is 18.4 Å². The van der Waals surface area contributed by atoms with Crippen molar-refractivity contribution in [2.24, 2.45) is 13.0 Å². The topological polar surface area (TPSA) is 100 Å². The Labute approximate surface area is 110 Å². The zero-order chi connectivity index (χ0) is 13.8. The molecule has 0 saturated carbocycles. The Balaban J connectivity index is 1.82. The number of aryl methyl sites for hydroxylation is 1. The maximum Gasteiger partial charge on any atom is 0.324 e. The number of aliphatic carboxylic acids is 1. The Bertz CT molecular complexity index is 473. The first-order valence-electron chi connectivity index (χ1n) is 6.18. The number of aromatic nitrogens is 3. The largest absolute Gasteiger partial charge is 0.481 e. The van der Waals surface area contributed by atoms with Crippen molar-refractivity contribution in [1.29, 1.82) is 0 Å². The molecule has 8 nitrogen and oxygen atoms in total. The van der Waals surface area contributed by atoms with Crippen LogP contribution in [0.25, 0.3) is 0 Å². The molecule has 1 aromatic heterocycles. The molecule has 0 aliphatic carbocycles. The normalized spacial score (nSPS) is 18.6. The van der Waals surface area contributed by atoms with Crippen LogP contribution in [-0.2, 0) is 11.8 Å². The van der Waals surface area contributed by atoms with E-state index in [1.165, 1.54) is 11.0 Å². The summed E-state index contributed by atoms with van der Waals surface area (Å²) in [5.41, 5.74) is 0. The number of urea groups is 1. The van der Waals surface area contributed by atoms with Gasteiger partial charge >= 0.3 is 12.0 Å². The molecule has 1 saturated heterocycles. The van der Waals surface area contributed by atoms with Gasteiger partial charge in [-0.15, -0.1) is 0 Å². The lowest BCUT2D eigenvalue weighted by Crippen LogP contribution is -2.33. The number of anilines is 1. The predicted molar refractivity (Wildman–Crippen MR) is 66.6 cm³/mol. The van der Waals surface area contributed by atoms with E-state index in [1.807, 2.05) is 0 Å². The van der Waals surface area contributed by atoms with E-state index < -0.39 is 5.97 Å². The average molecular weight is 267 g/mol. The molecule has 1 aliphatic rings. The van der Waals surface area contributed by atoms with Crippen LogP contribution in [0, 0.1) is 5.92 Å². The number of carbonyl (C=O) groups is 2. The first-order valence-corrected chi connectivity index (χ1v) is 6.18. The molecule has 2 N–H and O–H groups in total. The van der Waals surface area contributed by atoms with Crippen LogP contribution >= 0.6 is 0 Å². The van der Waals surface area contributed by atoms with Crippen LogP contribution in [0.3, 0.4) is 0 Å². The summed E-state index contributed by atoms with van der Waals surface area (Å²) in [7, 11) is 1.70. The summed E-state index contributed by atoms with van der Waals surface area (Å²) >= 11 is 0. The van der Waals surface area contributed by atoms with E-state index in [0.717, 1.165) is 6.42 Å². The Morgan fingerprint density at radius 3 is 3.00 bits per heavy atom. The van der Waals surface area contributed by atoms with Gasteiger partial charge in [0.1, 0.15) is 6.33 Å². The fraction of sp³-hybridized carbons (Fsp3) is 0.636. The molecule has 2 heterocycles. The summed E-state index contributed by atoms with van der Waals surface area (Å²) in [6.45, 7) is 1.24. The van der Waals surface area contributed by atoms with Crippen molar-refractivity contribution < 1.29 is 14.7 Å². The van der Waals surface area contributed by atoms with Crippen LogP contribution in [0.1, 0.15) is 19.3 Å². The number of carboxylic acids is 1. The van der Waals surface area contributed by atoms with Crippen LogP contribution in [0.5, 0.6) is 0 Å². The quantitative estimate of drug-likeness (QED) is 0.829. The van der Waals surface area contributed by atoms with Crippen molar-refractivity contribution in [3.8, 4) is 0 Å². The molecule has 0 bridgehead atoms. The minimum atomic E-state index is -0.790.